The van der Waals surface area contributed by atoms with Gasteiger partial charge in [-0.3, -0.25) is 9.44 Å². The molecule has 15 nitrogen and oxygen atoms in total. The Kier molecular flexibility index (Phi) is 9.46. The third-order valence-electron chi connectivity index (χ3n) is 4.78. The lowest BCUT2D eigenvalue weighted by molar-refractivity contribution is 0.353. The lowest BCUT2D eigenvalue weighted by atomic mass is 10.3. The van der Waals surface area contributed by atoms with E-state index in [1.165, 1.54) is 88.3 Å². The summed E-state index contributed by atoms with van der Waals surface area (Å²) >= 11 is 0. The van der Waals surface area contributed by atoms with Crippen LogP contribution >= 0.6 is 0 Å². The highest BCUT2D eigenvalue weighted by Crippen LogP contribution is 2.22. The third kappa shape index (κ3) is 7.81. The molecule has 0 unspecified atom stereocenters. The van der Waals surface area contributed by atoms with Crippen LogP contribution in [0.4, 0.5) is 23.0 Å². The molecule has 40 heavy (non-hydrogen) atoms. The zero-order valence-electron chi connectivity index (χ0n) is 21.5. The van der Waals surface area contributed by atoms with E-state index in [2.05, 4.69) is 29.4 Å². The van der Waals surface area contributed by atoms with Gasteiger partial charge >= 0.3 is 6.01 Å². The van der Waals surface area contributed by atoms with Gasteiger partial charge in [0.1, 0.15) is 0 Å². The van der Waals surface area contributed by atoms with E-state index in [1.807, 2.05) is 0 Å². The normalized spacial score (nSPS) is 11.0. The van der Waals surface area contributed by atoms with Gasteiger partial charge in [0.05, 0.1) is 31.1 Å². The summed E-state index contributed by atoms with van der Waals surface area (Å²) in [6.45, 7) is 0. The molecule has 0 saturated heterocycles. The number of rotatable bonds is 9. The maximum absolute atomic E-state index is 12.2. The van der Waals surface area contributed by atoms with E-state index in [0.29, 0.717) is 11.4 Å². The number of ether oxygens (including phenoxy) is 3. The van der Waals surface area contributed by atoms with Gasteiger partial charge in [-0.25, -0.2) is 26.8 Å². The fraction of sp³-hybridized carbons (Fsp3) is 0.130. The fourth-order valence-corrected chi connectivity index (χ4v) is 4.87. The summed E-state index contributed by atoms with van der Waals surface area (Å²) in [7, 11) is -3.39. The first kappa shape index (κ1) is 29.7. The van der Waals surface area contributed by atoms with Crippen LogP contribution in [0.1, 0.15) is 0 Å². The van der Waals surface area contributed by atoms with Crippen molar-refractivity contribution in [3.8, 4) is 17.8 Å². The Morgan fingerprint density at radius 2 is 1.20 bits per heavy atom. The van der Waals surface area contributed by atoms with Crippen molar-refractivity contribution in [3.63, 3.8) is 0 Å². The summed E-state index contributed by atoms with van der Waals surface area (Å²) in [6.07, 6.45) is 2.77. The minimum absolute atomic E-state index is 0.00986. The van der Waals surface area contributed by atoms with Gasteiger partial charge in [-0.1, -0.05) is 0 Å². The molecule has 0 bridgehead atoms. The van der Waals surface area contributed by atoms with E-state index in [4.69, 9.17) is 25.7 Å². The molecule has 17 heteroatoms. The van der Waals surface area contributed by atoms with Gasteiger partial charge < -0.3 is 25.7 Å². The fourth-order valence-electron chi connectivity index (χ4n) is 2.87. The van der Waals surface area contributed by atoms with Crippen molar-refractivity contribution in [3.05, 3.63) is 67.0 Å². The van der Waals surface area contributed by atoms with Gasteiger partial charge in [-0.2, -0.15) is 9.97 Å². The molecule has 0 fully saturated rings. The Morgan fingerprint density at radius 1 is 0.675 bits per heavy atom. The second kappa shape index (κ2) is 12.8. The Balaban J connectivity index is 0.000000222. The quantitative estimate of drug-likeness (QED) is 0.204. The van der Waals surface area contributed by atoms with Crippen LogP contribution < -0.4 is 35.1 Å². The zero-order chi connectivity index (χ0) is 29.3. The number of hydrogen-bond acceptors (Lipinski definition) is 13. The predicted octanol–water partition coefficient (Wildman–Crippen LogP) is 1.74. The largest absolute Gasteiger partial charge is 0.481 e. The molecule has 0 radical (unpaired) electrons. The monoisotopic (exact) mass is 590 g/mol. The van der Waals surface area contributed by atoms with Crippen LogP contribution in [0, 0.1) is 0 Å². The average Bonchev–Trinajstić information content (AvgIpc) is 2.93. The van der Waals surface area contributed by atoms with Crippen molar-refractivity contribution < 1.29 is 31.0 Å². The van der Waals surface area contributed by atoms with Crippen LogP contribution in [-0.2, 0) is 20.0 Å². The minimum Gasteiger partial charge on any atom is -0.481 e. The van der Waals surface area contributed by atoms with Gasteiger partial charge in [0.15, 0.2) is 5.82 Å². The van der Waals surface area contributed by atoms with Crippen molar-refractivity contribution in [2.24, 2.45) is 0 Å². The number of nitrogens with two attached hydrogens (primary N) is 2. The molecule has 0 saturated carbocycles. The lowest BCUT2D eigenvalue weighted by Gasteiger charge is -2.09. The van der Waals surface area contributed by atoms with Crippen molar-refractivity contribution in [2.45, 2.75) is 9.79 Å². The maximum Gasteiger partial charge on any atom is 0.321 e. The lowest BCUT2D eigenvalue weighted by Crippen LogP contribution is -2.15. The summed E-state index contributed by atoms with van der Waals surface area (Å²) in [5.74, 6) is 0.343. The van der Waals surface area contributed by atoms with Crippen LogP contribution in [0.5, 0.6) is 17.8 Å². The molecule has 0 spiro atoms. The maximum atomic E-state index is 12.2. The van der Waals surface area contributed by atoms with Crippen LogP contribution in [0.25, 0.3) is 0 Å². The van der Waals surface area contributed by atoms with E-state index < -0.39 is 20.0 Å². The Labute approximate surface area is 230 Å². The first-order chi connectivity index (χ1) is 19.0. The van der Waals surface area contributed by atoms with Crippen LogP contribution in [0.15, 0.2) is 76.8 Å². The van der Waals surface area contributed by atoms with Gasteiger partial charge in [0.25, 0.3) is 25.9 Å². The number of nitrogens with one attached hydrogen (secondary N) is 2. The highest BCUT2D eigenvalue weighted by atomic mass is 32.2. The number of nitrogen functional groups attached to an aromatic ring is 2. The summed E-state index contributed by atoms with van der Waals surface area (Å²) in [5.41, 5.74) is 12.0. The molecule has 0 aliphatic rings. The number of sulfonamides is 2. The van der Waals surface area contributed by atoms with E-state index in [1.54, 1.807) is 0 Å². The van der Waals surface area contributed by atoms with Crippen LogP contribution in [0.2, 0.25) is 0 Å². The topological polar surface area (TPSA) is 224 Å². The Bertz CT molecular complexity index is 1630. The van der Waals surface area contributed by atoms with E-state index in [9.17, 15) is 16.8 Å². The Hall–Kier alpha value is -4.90. The molecule has 212 valence electrons. The van der Waals surface area contributed by atoms with E-state index in [0.717, 1.165) is 0 Å². The molecule has 0 aliphatic heterocycles. The molecule has 2 heterocycles. The third-order valence-corrected chi connectivity index (χ3v) is 7.51. The van der Waals surface area contributed by atoms with E-state index >= 15 is 0 Å². The first-order valence-electron chi connectivity index (χ1n) is 11.1. The van der Waals surface area contributed by atoms with Gasteiger partial charge in [-0.15, -0.1) is 0 Å². The number of anilines is 4. The molecular formula is C23H26N8O7S2. The molecular weight excluding hydrogens is 564 g/mol. The summed E-state index contributed by atoms with van der Waals surface area (Å²) in [5, 5.41) is 0. The minimum atomic E-state index is -3.79. The molecule has 4 rings (SSSR count). The van der Waals surface area contributed by atoms with Gasteiger partial charge in [-0.05, 0) is 48.5 Å². The number of hydrogen-bond donors (Lipinski definition) is 4. The van der Waals surface area contributed by atoms with Crippen molar-refractivity contribution >= 4 is 43.1 Å². The first-order valence-corrected chi connectivity index (χ1v) is 14.0. The molecule has 2 aromatic carbocycles. The average molecular weight is 591 g/mol. The second-order valence-corrected chi connectivity index (χ2v) is 10.9. The van der Waals surface area contributed by atoms with Crippen molar-refractivity contribution in [1.82, 2.24) is 19.9 Å². The number of nitrogens with zero attached hydrogens (tertiary/aromatic N) is 4. The second-order valence-electron chi connectivity index (χ2n) is 7.55. The van der Waals surface area contributed by atoms with Gasteiger partial charge in [0.2, 0.25) is 11.7 Å². The summed E-state index contributed by atoms with van der Waals surface area (Å²) < 4.78 is 68.0. The zero-order valence-corrected chi connectivity index (χ0v) is 23.1. The van der Waals surface area contributed by atoms with Crippen LogP contribution in [0.3, 0.4) is 0 Å². The summed E-state index contributed by atoms with van der Waals surface area (Å²) in [4.78, 5) is 15.7. The molecule has 2 aromatic heterocycles. The van der Waals surface area contributed by atoms with Crippen molar-refractivity contribution in [1.29, 1.82) is 0 Å². The molecule has 4 aromatic rings. The molecule has 0 amide bonds. The number of aromatic nitrogens is 4. The molecule has 0 atom stereocenters. The molecule has 6 N–H and O–H groups in total. The predicted molar refractivity (Wildman–Crippen MR) is 147 cm³/mol. The SMILES string of the molecule is COc1cc(NS(=O)(=O)c2ccc(N)cc2)nc(OC)n1.COc1nccnc1NS(=O)(=O)c1ccc(N)cc1. The Morgan fingerprint density at radius 3 is 1.70 bits per heavy atom. The highest BCUT2D eigenvalue weighted by Gasteiger charge is 2.18. The standard InChI is InChI=1S/C12H14N4O4S.C11H12N4O3S/c1-19-11-7-10(14-12(15-11)20-2)16-21(17,18)9-5-3-8(13)4-6-9;1-18-11-10(13-6-7-14-11)15-19(16,17)9-4-2-8(12)3-5-9/h3-7H,13H2,1-2H3,(H,14,15,16);2-7H,12H2,1H3,(H,13,15). The smallest absolute Gasteiger partial charge is 0.321 e. The number of methoxy groups -OCH3 is 3. The highest BCUT2D eigenvalue weighted by molar-refractivity contribution is 7.93. The number of benzene rings is 2. The summed E-state index contributed by atoms with van der Waals surface area (Å²) in [6, 6.07) is 12.9. The van der Waals surface area contributed by atoms with Gasteiger partial charge in [0, 0.05) is 29.8 Å². The van der Waals surface area contributed by atoms with E-state index in [-0.39, 0.29) is 39.2 Å². The molecule has 0 aliphatic carbocycles. The van der Waals surface area contributed by atoms with Crippen LogP contribution in [-0.4, -0.2) is 58.1 Å². The van der Waals surface area contributed by atoms with Crippen molar-refractivity contribution in [2.75, 3.05) is 42.2 Å².